The van der Waals surface area contributed by atoms with Crippen molar-refractivity contribution in [1.29, 1.82) is 0 Å². The highest BCUT2D eigenvalue weighted by atomic mass is 16.6. The minimum atomic E-state index is -0.470. The van der Waals surface area contributed by atoms with E-state index in [1.165, 1.54) is 7.11 Å². The van der Waals surface area contributed by atoms with E-state index in [1.807, 2.05) is 54.6 Å². The summed E-state index contributed by atoms with van der Waals surface area (Å²) in [6.07, 6.45) is 0. The largest absolute Gasteiger partial charge is 0.497 e. The first kappa shape index (κ1) is 18.5. The Hall–Kier alpha value is -3.86. The number of carbonyl (C=O) groups is 1. The van der Waals surface area contributed by atoms with Gasteiger partial charge in [0, 0.05) is 10.9 Å². The van der Waals surface area contributed by atoms with E-state index >= 15 is 0 Å². The predicted molar refractivity (Wildman–Crippen MR) is 112 cm³/mol. The summed E-state index contributed by atoms with van der Waals surface area (Å²) in [6.45, 7) is 0. The number of ether oxygens (including phenoxy) is 3. The molecular weight excluding hydrogens is 366 g/mol. The van der Waals surface area contributed by atoms with Crippen molar-refractivity contribution in [1.82, 2.24) is 4.98 Å². The van der Waals surface area contributed by atoms with Crippen LogP contribution >= 0.6 is 0 Å². The van der Waals surface area contributed by atoms with Gasteiger partial charge in [-0.05, 0) is 48.5 Å². The lowest BCUT2D eigenvalue weighted by Gasteiger charge is -2.12. The van der Waals surface area contributed by atoms with Gasteiger partial charge >= 0.3 is 5.97 Å². The van der Waals surface area contributed by atoms with Gasteiger partial charge < -0.3 is 14.2 Å². The van der Waals surface area contributed by atoms with Gasteiger partial charge in [-0.2, -0.15) is 0 Å². The van der Waals surface area contributed by atoms with Gasteiger partial charge in [-0.15, -0.1) is 0 Å². The summed E-state index contributed by atoms with van der Waals surface area (Å²) in [5.41, 5.74) is 2.71. The topological polar surface area (TPSA) is 57.7 Å². The summed E-state index contributed by atoms with van der Waals surface area (Å²) in [5.74, 6) is 1.15. The summed E-state index contributed by atoms with van der Waals surface area (Å²) in [4.78, 5) is 17.8. The fourth-order valence-corrected chi connectivity index (χ4v) is 3.11. The number of carbonyl (C=O) groups excluding carboxylic acids is 1. The molecule has 3 aromatic carbocycles. The van der Waals surface area contributed by atoms with Crippen molar-refractivity contribution in [3.05, 3.63) is 84.4 Å². The fourth-order valence-electron chi connectivity index (χ4n) is 3.11. The quantitative estimate of drug-likeness (QED) is 0.352. The molecule has 0 atom stereocenters. The Kier molecular flexibility index (Phi) is 5.12. The lowest BCUT2D eigenvalue weighted by molar-refractivity contribution is 0.0732. The molecule has 0 aliphatic rings. The minimum absolute atomic E-state index is 0.367. The summed E-state index contributed by atoms with van der Waals surface area (Å²) in [6, 6.07) is 23.8. The first-order valence-electron chi connectivity index (χ1n) is 9.09. The third-order valence-corrected chi connectivity index (χ3v) is 4.59. The number of aromatic nitrogens is 1. The maximum absolute atomic E-state index is 13.1. The number of pyridine rings is 1. The Morgan fingerprint density at radius 3 is 2.21 bits per heavy atom. The second-order valence-corrected chi connectivity index (χ2v) is 6.34. The fraction of sp³-hybridized carbons (Fsp3) is 0.0833. The molecule has 0 amide bonds. The lowest BCUT2D eigenvalue weighted by Crippen LogP contribution is -2.10. The molecule has 0 radical (unpaired) electrons. The highest BCUT2D eigenvalue weighted by Gasteiger charge is 2.17. The molecule has 0 spiro atoms. The molecule has 1 heterocycles. The van der Waals surface area contributed by atoms with Gasteiger partial charge in [0.15, 0.2) is 11.5 Å². The van der Waals surface area contributed by atoms with E-state index in [9.17, 15) is 4.79 Å². The van der Waals surface area contributed by atoms with E-state index in [1.54, 1.807) is 31.4 Å². The van der Waals surface area contributed by atoms with Gasteiger partial charge in [-0.1, -0.05) is 30.3 Å². The summed E-state index contributed by atoms with van der Waals surface area (Å²) >= 11 is 0. The zero-order chi connectivity index (χ0) is 20.2. The number of hydrogen-bond acceptors (Lipinski definition) is 5. The molecule has 4 aromatic rings. The van der Waals surface area contributed by atoms with Crippen molar-refractivity contribution in [2.45, 2.75) is 0 Å². The van der Waals surface area contributed by atoms with Gasteiger partial charge in [0.25, 0.3) is 0 Å². The molecule has 144 valence electrons. The number of fused-ring (bicyclic) bond motifs is 1. The van der Waals surface area contributed by atoms with Gasteiger partial charge in [0.05, 0.1) is 31.0 Å². The summed E-state index contributed by atoms with van der Waals surface area (Å²) < 4.78 is 16.1. The summed E-state index contributed by atoms with van der Waals surface area (Å²) in [7, 11) is 3.16. The highest BCUT2D eigenvalue weighted by molar-refractivity contribution is 6.05. The second kappa shape index (κ2) is 8.02. The molecule has 5 heteroatoms. The molecule has 0 unspecified atom stereocenters. The maximum atomic E-state index is 13.1. The number of methoxy groups -OCH3 is 2. The van der Waals surface area contributed by atoms with Crippen LogP contribution in [0.2, 0.25) is 0 Å². The highest BCUT2D eigenvalue weighted by Crippen LogP contribution is 2.30. The normalized spacial score (nSPS) is 10.6. The Labute approximate surface area is 168 Å². The molecule has 0 bridgehead atoms. The van der Waals surface area contributed by atoms with Crippen molar-refractivity contribution < 1.29 is 19.0 Å². The first-order chi connectivity index (χ1) is 14.2. The van der Waals surface area contributed by atoms with Crippen molar-refractivity contribution in [3.63, 3.8) is 0 Å². The molecular formula is C24H19NO4. The van der Waals surface area contributed by atoms with E-state index < -0.39 is 5.97 Å². The molecule has 29 heavy (non-hydrogen) atoms. The zero-order valence-corrected chi connectivity index (χ0v) is 16.1. The smallest absolute Gasteiger partial charge is 0.344 e. The molecule has 0 aliphatic heterocycles. The standard InChI is InChI=1S/C24H19NO4/c1-27-17-13-11-16(12-14-17)21-15-19(18-7-3-4-8-20(18)25-21)24(26)29-23-10-6-5-9-22(23)28-2/h3-15H,1-2H3. The second-order valence-electron chi connectivity index (χ2n) is 6.34. The molecule has 5 nitrogen and oxygen atoms in total. The lowest BCUT2D eigenvalue weighted by atomic mass is 10.0. The number of hydrogen-bond donors (Lipinski definition) is 0. The van der Waals surface area contributed by atoms with Gasteiger partial charge in [-0.25, -0.2) is 9.78 Å². The van der Waals surface area contributed by atoms with E-state index in [-0.39, 0.29) is 0 Å². The van der Waals surface area contributed by atoms with Gasteiger partial charge in [0.1, 0.15) is 5.75 Å². The Morgan fingerprint density at radius 1 is 0.793 bits per heavy atom. The van der Waals surface area contributed by atoms with Gasteiger partial charge in [0.2, 0.25) is 0 Å². The van der Waals surface area contributed by atoms with Crippen LogP contribution < -0.4 is 14.2 Å². The molecule has 0 saturated heterocycles. The van der Waals surface area contributed by atoms with Crippen LogP contribution in [0.1, 0.15) is 10.4 Å². The van der Waals surface area contributed by atoms with Crippen molar-refractivity contribution in [2.75, 3.05) is 14.2 Å². The summed E-state index contributed by atoms with van der Waals surface area (Å²) in [5, 5.41) is 0.727. The number of rotatable bonds is 5. The Balaban J connectivity index is 1.79. The van der Waals surface area contributed by atoms with E-state index in [0.29, 0.717) is 28.3 Å². The van der Waals surface area contributed by atoms with Crippen LogP contribution in [0.3, 0.4) is 0 Å². The molecule has 4 rings (SSSR count). The molecule has 0 N–H and O–H groups in total. The van der Waals surface area contributed by atoms with Crippen LogP contribution in [0.25, 0.3) is 22.2 Å². The van der Waals surface area contributed by atoms with Crippen LogP contribution in [0.15, 0.2) is 78.9 Å². The molecule has 0 saturated carbocycles. The molecule has 0 fully saturated rings. The van der Waals surface area contributed by atoms with E-state index in [4.69, 9.17) is 19.2 Å². The maximum Gasteiger partial charge on any atom is 0.344 e. The van der Waals surface area contributed by atoms with Gasteiger partial charge in [-0.3, -0.25) is 0 Å². The minimum Gasteiger partial charge on any atom is -0.497 e. The Morgan fingerprint density at radius 2 is 1.48 bits per heavy atom. The number of esters is 1. The third-order valence-electron chi connectivity index (χ3n) is 4.59. The van der Waals surface area contributed by atoms with Crippen LogP contribution in [0.5, 0.6) is 17.2 Å². The third kappa shape index (κ3) is 3.75. The molecule has 1 aromatic heterocycles. The monoisotopic (exact) mass is 385 g/mol. The van der Waals surface area contributed by atoms with Crippen LogP contribution in [-0.2, 0) is 0 Å². The van der Waals surface area contributed by atoms with Crippen molar-refractivity contribution in [2.24, 2.45) is 0 Å². The van der Waals surface area contributed by atoms with Crippen molar-refractivity contribution >= 4 is 16.9 Å². The van der Waals surface area contributed by atoms with Crippen LogP contribution in [0, 0.1) is 0 Å². The Bertz CT molecular complexity index is 1170. The number of benzene rings is 3. The average molecular weight is 385 g/mol. The zero-order valence-electron chi connectivity index (χ0n) is 16.1. The number of para-hydroxylation sites is 3. The number of nitrogens with zero attached hydrogens (tertiary/aromatic N) is 1. The SMILES string of the molecule is COc1ccc(-c2cc(C(=O)Oc3ccccc3OC)c3ccccc3n2)cc1. The predicted octanol–water partition coefficient (Wildman–Crippen LogP) is 5.14. The van der Waals surface area contributed by atoms with Crippen LogP contribution in [-0.4, -0.2) is 25.2 Å². The first-order valence-corrected chi connectivity index (χ1v) is 9.09. The van der Waals surface area contributed by atoms with Crippen molar-refractivity contribution in [3.8, 4) is 28.5 Å². The van der Waals surface area contributed by atoms with Crippen LogP contribution in [0.4, 0.5) is 0 Å². The molecule has 0 aliphatic carbocycles. The average Bonchev–Trinajstić information content (AvgIpc) is 2.78. The van der Waals surface area contributed by atoms with E-state index in [2.05, 4.69) is 0 Å². The van der Waals surface area contributed by atoms with E-state index in [0.717, 1.165) is 16.7 Å².